The number of nitrogens with zero attached hydrogens (tertiary/aromatic N) is 2. The number of esters is 1. The first-order chi connectivity index (χ1) is 17.3. The summed E-state index contributed by atoms with van der Waals surface area (Å²) in [6.07, 6.45) is 0.655. The molecular weight excluding hydrogens is 470 g/mol. The SMILES string of the molecule is CC(C)OC(=O)C1=CN(C(=O)OC(C)(C)C)CC(C)(C)c2c1[nH]c1ccc(OCc3ccccc3)nc21. The second-order valence-corrected chi connectivity index (χ2v) is 11.2. The quantitative estimate of drug-likeness (QED) is 0.430. The number of hydrogen-bond acceptors (Lipinski definition) is 6. The second kappa shape index (κ2) is 9.92. The number of pyridine rings is 1. The third kappa shape index (κ3) is 5.96. The summed E-state index contributed by atoms with van der Waals surface area (Å²) in [5.41, 5.74) is 2.82. The van der Waals surface area contributed by atoms with Crippen molar-refractivity contribution in [2.24, 2.45) is 0 Å². The molecule has 0 radical (unpaired) electrons. The van der Waals surface area contributed by atoms with Crippen LogP contribution in [-0.2, 0) is 26.3 Å². The fourth-order valence-corrected chi connectivity index (χ4v) is 4.36. The molecule has 196 valence electrons. The summed E-state index contributed by atoms with van der Waals surface area (Å²) < 4.78 is 17.2. The highest BCUT2D eigenvalue weighted by molar-refractivity contribution is 6.18. The third-order valence-electron chi connectivity index (χ3n) is 5.83. The fourth-order valence-electron chi connectivity index (χ4n) is 4.36. The van der Waals surface area contributed by atoms with Gasteiger partial charge in [0.05, 0.1) is 28.4 Å². The molecule has 1 N–H and O–H groups in total. The van der Waals surface area contributed by atoms with Crippen LogP contribution < -0.4 is 4.74 Å². The number of H-pyrrole nitrogens is 1. The van der Waals surface area contributed by atoms with Gasteiger partial charge in [-0.25, -0.2) is 14.6 Å². The number of carbonyl (C=O) groups is 2. The summed E-state index contributed by atoms with van der Waals surface area (Å²) in [5, 5.41) is 0. The van der Waals surface area contributed by atoms with Crippen LogP contribution in [0.2, 0.25) is 0 Å². The van der Waals surface area contributed by atoms with E-state index in [0.717, 1.165) is 16.6 Å². The van der Waals surface area contributed by atoms with E-state index in [9.17, 15) is 9.59 Å². The van der Waals surface area contributed by atoms with Crippen molar-refractivity contribution >= 4 is 28.7 Å². The second-order valence-electron chi connectivity index (χ2n) is 11.2. The molecule has 3 aromatic rings. The molecule has 0 saturated carbocycles. The Kier molecular flexibility index (Phi) is 7.04. The van der Waals surface area contributed by atoms with Crippen molar-refractivity contribution in [3.05, 3.63) is 65.5 Å². The van der Waals surface area contributed by atoms with Gasteiger partial charge in [-0.2, -0.15) is 0 Å². The fraction of sp³-hybridized carbons (Fsp3) is 0.414. The van der Waals surface area contributed by atoms with Gasteiger partial charge in [-0.05, 0) is 46.2 Å². The van der Waals surface area contributed by atoms with Gasteiger partial charge in [0.1, 0.15) is 12.2 Å². The number of ether oxygens (including phenoxy) is 3. The molecule has 3 heterocycles. The van der Waals surface area contributed by atoms with Gasteiger partial charge in [0, 0.05) is 29.8 Å². The number of carbonyl (C=O) groups excluding carboxylic acids is 2. The maximum atomic E-state index is 13.3. The Morgan fingerprint density at radius 3 is 2.46 bits per heavy atom. The van der Waals surface area contributed by atoms with Crippen molar-refractivity contribution in [1.29, 1.82) is 0 Å². The van der Waals surface area contributed by atoms with Crippen LogP contribution in [0.3, 0.4) is 0 Å². The maximum Gasteiger partial charge on any atom is 0.414 e. The molecule has 37 heavy (non-hydrogen) atoms. The van der Waals surface area contributed by atoms with Crippen LogP contribution in [0.4, 0.5) is 4.79 Å². The van der Waals surface area contributed by atoms with Crippen LogP contribution in [-0.4, -0.2) is 45.2 Å². The number of aromatic nitrogens is 2. The normalized spacial score (nSPS) is 15.1. The minimum Gasteiger partial charge on any atom is -0.473 e. The predicted molar refractivity (Wildman–Crippen MR) is 142 cm³/mol. The lowest BCUT2D eigenvalue weighted by atomic mass is 9.83. The zero-order valence-electron chi connectivity index (χ0n) is 22.5. The van der Waals surface area contributed by atoms with Gasteiger partial charge in [0.25, 0.3) is 0 Å². The summed E-state index contributed by atoms with van der Waals surface area (Å²) in [7, 11) is 0. The Labute approximate surface area is 217 Å². The molecule has 8 nitrogen and oxygen atoms in total. The molecular formula is C29H35N3O5. The summed E-state index contributed by atoms with van der Waals surface area (Å²) in [5.74, 6) is -0.0629. The number of fused-ring (bicyclic) bond motifs is 3. The Morgan fingerprint density at radius 2 is 1.81 bits per heavy atom. The van der Waals surface area contributed by atoms with Gasteiger partial charge in [0.2, 0.25) is 5.88 Å². The molecule has 0 atom stereocenters. The molecule has 0 spiro atoms. The Bertz CT molecular complexity index is 1330. The van der Waals surface area contributed by atoms with Crippen LogP contribution in [0, 0.1) is 0 Å². The molecule has 0 saturated heterocycles. The number of amides is 1. The van der Waals surface area contributed by atoms with E-state index in [4.69, 9.17) is 19.2 Å². The Morgan fingerprint density at radius 1 is 1.11 bits per heavy atom. The van der Waals surface area contributed by atoms with Crippen LogP contribution in [0.5, 0.6) is 5.88 Å². The van der Waals surface area contributed by atoms with Crippen LogP contribution in [0.1, 0.15) is 65.3 Å². The van der Waals surface area contributed by atoms with E-state index in [2.05, 4.69) is 4.98 Å². The zero-order valence-corrected chi connectivity index (χ0v) is 22.5. The molecule has 1 aliphatic heterocycles. The minimum atomic E-state index is -0.687. The third-order valence-corrected chi connectivity index (χ3v) is 5.83. The topological polar surface area (TPSA) is 93.8 Å². The maximum absolute atomic E-state index is 13.3. The van der Waals surface area contributed by atoms with Gasteiger partial charge in [-0.3, -0.25) is 4.90 Å². The van der Waals surface area contributed by atoms with E-state index in [1.807, 2.05) is 71.0 Å². The highest BCUT2D eigenvalue weighted by atomic mass is 16.6. The first-order valence-corrected chi connectivity index (χ1v) is 12.5. The van der Waals surface area contributed by atoms with Crippen LogP contribution in [0.15, 0.2) is 48.7 Å². The average Bonchev–Trinajstić information content (AvgIpc) is 3.13. The first kappa shape index (κ1) is 26.3. The Balaban J connectivity index is 1.79. The molecule has 1 aromatic carbocycles. The monoisotopic (exact) mass is 505 g/mol. The molecule has 1 aliphatic rings. The standard InChI is InChI=1S/C29H35N3O5/c1-18(2)36-26(33)20-15-32(27(34)37-28(3,4)5)17-29(6,7)23-24(20)30-21-13-14-22(31-25(21)23)35-16-19-11-9-8-10-12-19/h8-15,18,30H,16-17H2,1-7H3. The Hall–Kier alpha value is -3.81. The molecule has 0 bridgehead atoms. The van der Waals surface area contributed by atoms with Gasteiger partial charge in [-0.1, -0.05) is 44.2 Å². The van der Waals surface area contributed by atoms with Gasteiger partial charge >= 0.3 is 12.1 Å². The van der Waals surface area contributed by atoms with E-state index >= 15 is 0 Å². The lowest BCUT2D eigenvalue weighted by Crippen LogP contribution is -2.40. The molecule has 0 fully saturated rings. The van der Waals surface area contributed by atoms with Crippen molar-refractivity contribution in [3.63, 3.8) is 0 Å². The summed E-state index contributed by atoms with van der Waals surface area (Å²) in [6, 6.07) is 13.6. The molecule has 1 amide bonds. The van der Waals surface area contributed by atoms with Crippen molar-refractivity contribution in [2.75, 3.05) is 6.54 Å². The number of benzene rings is 1. The average molecular weight is 506 g/mol. The lowest BCUT2D eigenvalue weighted by molar-refractivity contribution is -0.140. The smallest absolute Gasteiger partial charge is 0.414 e. The lowest BCUT2D eigenvalue weighted by Gasteiger charge is -2.31. The van der Waals surface area contributed by atoms with Gasteiger partial charge < -0.3 is 19.2 Å². The van der Waals surface area contributed by atoms with Crippen molar-refractivity contribution in [3.8, 4) is 5.88 Å². The zero-order chi connectivity index (χ0) is 27.0. The number of nitrogens with one attached hydrogen (secondary N) is 1. The number of hydrogen-bond donors (Lipinski definition) is 1. The number of aromatic amines is 1. The van der Waals surface area contributed by atoms with E-state index in [0.29, 0.717) is 23.7 Å². The molecule has 2 aromatic heterocycles. The van der Waals surface area contributed by atoms with E-state index < -0.39 is 23.1 Å². The summed E-state index contributed by atoms with van der Waals surface area (Å²) in [6.45, 7) is 13.7. The first-order valence-electron chi connectivity index (χ1n) is 12.5. The van der Waals surface area contributed by atoms with Crippen molar-refractivity contribution < 1.29 is 23.8 Å². The van der Waals surface area contributed by atoms with Gasteiger partial charge in [-0.15, -0.1) is 0 Å². The van der Waals surface area contributed by atoms with E-state index in [-0.39, 0.29) is 18.2 Å². The van der Waals surface area contributed by atoms with Crippen LogP contribution >= 0.6 is 0 Å². The predicted octanol–water partition coefficient (Wildman–Crippen LogP) is 5.96. The van der Waals surface area contributed by atoms with Crippen LogP contribution in [0.25, 0.3) is 16.6 Å². The minimum absolute atomic E-state index is 0.241. The summed E-state index contributed by atoms with van der Waals surface area (Å²) in [4.78, 5) is 36.0. The van der Waals surface area contributed by atoms with Gasteiger partial charge in [0.15, 0.2) is 0 Å². The molecule has 8 heteroatoms. The number of rotatable bonds is 5. The van der Waals surface area contributed by atoms with Crippen molar-refractivity contribution in [1.82, 2.24) is 14.9 Å². The van der Waals surface area contributed by atoms with E-state index in [1.165, 1.54) is 11.1 Å². The highest BCUT2D eigenvalue weighted by Crippen LogP contribution is 2.40. The largest absolute Gasteiger partial charge is 0.473 e. The molecule has 4 rings (SSSR count). The molecule has 0 aliphatic carbocycles. The van der Waals surface area contributed by atoms with Crippen molar-refractivity contribution in [2.45, 2.75) is 72.2 Å². The van der Waals surface area contributed by atoms with E-state index in [1.54, 1.807) is 19.9 Å². The summed E-state index contributed by atoms with van der Waals surface area (Å²) >= 11 is 0. The molecule has 0 unspecified atom stereocenters. The highest BCUT2D eigenvalue weighted by Gasteiger charge is 2.39.